The molecular formula is C24H27N3O3. The van der Waals surface area contributed by atoms with E-state index in [1.165, 1.54) is 11.1 Å². The van der Waals surface area contributed by atoms with E-state index in [-0.39, 0.29) is 18.1 Å². The standard InChI is InChI=1S/C24H27N3O3/c1-14(2)29-22-11-9-18(13-25-22)24(28)26-19-10-8-17-6-5-7-20(21(17)12-19)23-15(3)27-30-16(23)4/h5-7,9,11,13-14,19H,8,10,12H2,1-4H3,(H,26,28)/t19-/m1/s1. The van der Waals surface area contributed by atoms with Crippen LogP contribution >= 0.6 is 0 Å². The molecule has 1 aliphatic rings. The van der Waals surface area contributed by atoms with Crippen LogP contribution in [-0.2, 0) is 12.8 Å². The predicted octanol–water partition coefficient (Wildman–Crippen LogP) is 4.43. The van der Waals surface area contributed by atoms with Crippen molar-refractivity contribution >= 4 is 5.91 Å². The van der Waals surface area contributed by atoms with Crippen LogP contribution in [-0.4, -0.2) is 28.2 Å². The summed E-state index contributed by atoms with van der Waals surface area (Å²) in [5, 5.41) is 7.29. The lowest BCUT2D eigenvalue weighted by Gasteiger charge is -2.27. The second kappa shape index (κ2) is 8.30. The van der Waals surface area contributed by atoms with Gasteiger partial charge in [-0.25, -0.2) is 4.98 Å². The lowest BCUT2D eigenvalue weighted by atomic mass is 9.83. The second-order valence-corrected chi connectivity index (χ2v) is 8.11. The van der Waals surface area contributed by atoms with E-state index in [4.69, 9.17) is 9.26 Å². The highest BCUT2D eigenvalue weighted by atomic mass is 16.5. The molecule has 0 fully saturated rings. The van der Waals surface area contributed by atoms with Crippen molar-refractivity contribution in [3.8, 4) is 17.0 Å². The minimum absolute atomic E-state index is 0.0476. The number of carbonyl (C=O) groups excluding carboxylic acids is 1. The summed E-state index contributed by atoms with van der Waals surface area (Å²) in [7, 11) is 0. The number of fused-ring (bicyclic) bond motifs is 1. The Morgan fingerprint density at radius 1 is 1.23 bits per heavy atom. The fourth-order valence-corrected chi connectivity index (χ4v) is 4.11. The molecule has 4 rings (SSSR count). The number of carbonyl (C=O) groups is 1. The Morgan fingerprint density at radius 3 is 2.73 bits per heavy atom. The van der Waals surface area contributed by atoms with Crippen LogP contribution in [0.2, 0.25) is 0 Å². The van der Waals surface area contributed by atoms with E-state index >= 15 is 0 Å². The molecule has 3 aromatic rings. The third kappa shape index (κ3) is 4.08. The number of ether oxygens (including phenoxy) is 1. The van der Waals surface area contributed by atoms with Gasteiger partial charge in [0.1, 0.15) is 5.76 Å². The fourth-order valence-electron chi connectivity index (χ4n) is 4.11. The van der Waals surface area contributed by atoms with E-state index in [1.54, 1.807) is 18.3 Å². The minimum Gasteiger partial charge on any atom is -0.475 e. The summed E-state index contributed by atoms with van der Waals surface area (Å²) < 4.78 is 10.9. The monoisotopic (exact) mass is 405 g/mol. The third-order valence-corrected chi connectivity index (χ3v) is 5.48. The average Bonchev–Trinajstić information content (AvgIpc) is 3.05. The van der Waals surface area contributed by atoms with Crippen molar-refractivity contribution in [1.82, 2.24) is 15.5 Å². The van der Waals surface area contributed by atoms with Gasteiger partial charge in [-0.15, -0.1) is 0 Å². The van der Waals surface area contributed by atoms with Gasteiger partial charge in [0.05, 0.1) is 17.4 Å². The first-order valence-electron chi connectivity index (χ1n) is 10.4. The number of hydrogen-bond acceptors (Lipinski definition) is 5. The Labute approximate surface area is 176 Å². The minimum atomic E-state index is -0.109. The molecule has 0 radical (unpaired) electrons. The van der Waals surface area contributed by atoms with Crippen molar-refractivity contribution in [3.05, 3.63) is 64.7 Å². The van der Waals surface area contributed by atoms with E-state index in [1.807, 2.05) is 27.7 Å². The van der Waals surface area contributed by atoms with Crippen LogP contribution in [0, 0.1) is 13.8 Å². The van der Waals surface area contributed by atoms with Crippen molar-refractivity contribution in [1.29, 1.82) is 0 Å². The number of aromatic nitrogens is 2. The normalized spacial score (nSPS) is 15.7. The van der Waals surface area contributed by atoms with E-state index in [9.17, 15) is 4.79 Å². The van der Waals surface area contributed by atoms with Crippen LogP contribution in [0.25, 0.3) is 11.1 Å². The highest BCUT2D eigenvalue weighted by Gasteiger charge is 2.25. The zero-order valence-corrected chi connectivity index (χ0v) is 17.9. The summed E-state index contributed by atoms with van der Waals surface area (Å²) in [6.45, 7) is 7.80. The van der Waals surface area contributed by atoms with Crippen molar-refractivity contribution in [3.63, 3.8) is 0 Å². The molecule has 6 nitrogen and oxygen atoms in total. The number of benzene rings is 1. The first-order chi connectivity index (χ1) is 14.4. The third-order valence-electron chi connectivity index (χ3n) is 5.48. The molecule has 0 saturated heterocycles. The van der Waals surface area contributed by atoms with E-state index < -0.39 is 0 Å². The Bertz CT molecular complexity index is 1030. The Balaban J connectivity index is 1.51. The van der Waals surface area contributed by atoms with Gasteiger partial charge in [-0.3, -0.25) is 4.79 Å². The quantitative estimate of drug-likeness (QED) is 0.680. The maximum atomic E-state index is 12.8. The molecule has 1 amide bonds. The molecule has 0 bridgehead atoms. The van der Waals surface area contributed by atoms with E-state index in [0.717, 1.165) is 41.8 Å². The van der Waals surface area contributed by atoms with Gasteiger partial charge in [0.25, 0.3) is 5.91 Å². The predicted molar refractivity (Wildman–Crippen MR) is 115 cm³/mol. The molecule has 0 unspecified atom stereocenters. The molecule has 1 atom stereocenters. The molecule has 6 heteroatoms. The summed E-state index contributed by atoms with van der Waals surface area (Å²) in [4.78, 5) is 17.0. The van der Waals surface area contributed by atoms with Crippen molar-refractivity contribution < 1.29 is 14.1 Å². The fraction of sp³-hybridized carbons (Fsp3) is 0.375. The molecule has 0 saturated carbocycles. The lowest BCUT2D eigenvalue weighted by molar-refractivity contribution is 0.0933. The smallest absolute Gasteiger partial charge is 0.253 e. The average molecular weight is 405 g/mol. The highest BCUT2D eigenvalue weighted by molar-refractivity contribution is 5.94. The van der Waals surface area contributed by atoms with Gasteiger partial charge in [-0.2, -0.15) is 0 Å². The van der Waals surface area contributed by atoms with Crippen molar-refractivity contribution in [2.45, 2.75) is 59.1 Å². The Kier molecular flexibility index (Phi) is 5.57. The van der Waals surface area contributed by atoms with Crippen LogP contribution < -0.4 is 10.1 Å². The first kappa shape index (κ1) is 20.1. The van der Waals surface area contributed by atoms with Crippen LogP contribution in [0.4, 0.5) is 0 Å². The molecule has 2 heterocycles. The molecule has 0 aliphatic heterocycles. The molecular weight excluding hydrogens is 378 g/mol. The molecule has 2 aromatic heterocycles. The molecule has 1 aromatic carbocycles. The van der Waals surface area contributed by atoms with Gasteiger partial charge in [0.15, 0.2) is 0 Å². The summed E-state index contributed by atoms with van der Waals surface area (Å²) >= 11 is 0. The Morgan fingerprint density at radius 2 is 2.07 bits per heavy atom. The van der Waals surface area contributed by atoms with Gasteiger partial charge in [0, 0.05) is 23.9 Å². The number of nitrogens with one attached hydrogen (secondary N) is 1. The molecule has 30 heavy (non-hydrogen) atoms. The van der Waals surface area contributed by atoms with Gasteiger partial charge in [-0.1, -0.05) is 23.4 Å². The SMILES string of the molecule is Cc1noc(C)c1-c1cccc2c1C[C@H](NC(=O)c1ccc(OC(C)C)nc1)CC2. The maximum absolute atomic E-state index is 12.8. The number of hydrogen-bond donors (Lipinski definition) is 1. The highest BCUT2D eigenvalue weighted by Crippen LogP contribution is 2.35. The van der Waals surface area contributed by atoms with Gasteiger partial charge < -0.3 is 14.6 Å². The first-order valence-corrected chi connectivity index (χ1v) is 10.4. The van der Waals surface area contributed by atoms with Crippen LogP contribution in [0.1, 0.15) is 53.2 Å². The summed E-state index contributed by atoms with van der Waals surface area (Å²) in [6.07, 6.45) is 4.23. The Hall–Kier alpha value is -3.15. The van der Waals surface area contributed by atoms with Crippen LogP contribution in [0.15, 0.2) is 41.1 Å². The summed E-state index contributed by atoms with van der Waals surface area (Å²) in [5.41, 5.74) is 6.23. The second-order valence-electron chi connectivity index (χ2n) is 8.11. The van der Waals surface area contributed by atoms with Gasteiger partial charge in [-0.05, 0) is 69.7 Å². The number of aryl methyl sites for hydroxylation is 3. The topological polar surface area (TPSA) is 77.2 Å². The number of nitrogens with zero attached hydrogens (tertiary/aromatic N) is 2. The van der Waals surface area contributed by atoms with Gasteiger partial charge >= 0.3 is 0 Å². The van der Waals surface area contributed by atoms with Crippen LogP contribution in [0.5, 0.6) is 5.88 Å². The van der Waals surface area contributed by atoms with Crippen molar-refractivity contribution in [2.24, 2.45) is 0 Å². The molecule has 156 valence electrons. The lowest BCUT2D eigenvalue weighted by Crippen LogP contribution is -2.39. The number of pyridine rings is 1. The number of rotatable bonds is 5. The van der Waals surface area contributed by atoms with Gasteiger partial charge in [0.2, 0.25) is 5.88 Å². The largest absolute Gasteiger partial charge is 0.475 e. The molecule has 1 aliphatic carbocycles. The maximum Gasteiger partial charge on any atom is 0.253 e. The summed E-state index contributed by atoms with van der Waals surface area (Å²) in [6, 6.07) is 9.94. The zero-order chi connectivity index (χ0) is 21.3. The van der Waals surface area contributed by atoms with Crippen molar-refractivity contribution in [2.75, 3.05) is 0 Å². The number of amides is 1. The molecule has 1 N–H and O–H groups in total. The zero-order valence-electron chi connectivity index (χ0n) is 17.9. The van der Waals surface area contributed by atoms with E-state index in [2.05, 4.69) is 33.7 Å². The van der Waals surface area contributed by atoms with E-state index in [0.29, 0.717) is 11.4 Å². The summed E-state index contributed by atoms with van der Waals surface area (Å²) in [5.74, 6) is 1.24. The van der Waals surface area contributed by atoms with Crippen LogP contribution in [0.3, 0.4) is 0 Å². The molecule has 0 spiro atoms.